The highest BCUT2D eigenvalue weighted by molar-refractivity contribution is 5.53. The van der Waals surface area contributed by atoms with Crippen LogP contribution in [0.15, 0.2) is 60.8 Å². The fourth-order valence-electron chi connectivity index (χ4n) is 2.97. The van der Waals surface area contributed by atoms with E-state index < -0.39 is 0 Å². The smallest absolute Gasteiger partial charge is 0.203 e. The molecule has 0 atom stereocenters. The van der Waals surface area contributed by atoms with Crippen molar-refractivity contribution in [3.63, 3.8) is 0 Å². The Bertz CT molecular complexity index is 891. The molecule has 29 heavy (non-hydrogen) atoms. The van der Waals surface area contributed by atoms with Gasteiger partial charge in [-0.25, -0.2) is 0 Å². The molecule has 0 radical (unpaired) electrons. The van der Waals surface area contributed by atoms with Gasteiger partial charge in [0, 0.05) is 19.3 Å². The van der Waals surface area contributed by atoms with Gasteiger partial charge in [-0.2, -0.15) is 0 Å². The first-order chi connectivity index (χ1) is 14.2. The average Bonchev–Trinajstić information content (AvgIpc) is 2.78. The predicted molar refractivity (Wildman–Crippen MR) is 112 cm³/mol. The van der Waals surface area contributed by atoms with Crippen molar-refractivity contribution in [3.05, 3.63) is 77.6 Å². The van der Waals surface area contributed by atoms with Crippen LogP contribution in [0.25, 0.3) is 0 Å². The third-order valence-corrected chi connectivity index (χ3v) is 4.39. The lowest BCUT2D eigenvalue weighted by Crippen LogP contribution is -2.13. The number of nitrogens with one attached hydrogen (secondary N) is 1. The van der Waals surface area contributed by atoms with Gasteiger partial charge < -0.3 is 24.3 Å². The molecule has 0 aliphatic heterocycles. The Morgan fingerprint density at radius 1 is 0.793 bits per heavy atom. The van der Waals surface area contributed by atoms with Gasteiger partial charge in [-0.3, -0.25) is 4.98 Å². The van der Waals surface area contributed by atoms with Crippen LogP contribution in [-0.2, 0) is 19.7 Å². The van der Waals surface area contributed by atoms with Crippen LogP contribution in [0.2, 0.25) is 0 Å². The average molecular weight is 394 g/mol. The second kappa shape index (κ2) is 10.3. The standard InChI is InChI=1S/C23H26N2O4/c1-26-21-12-18(13-22(27-2)23(21)28-3)15-24-14-17-7-6-9-20(11-17)29-16-19-8-4-5-10-25-19/h4-13,24H,14-16H2,1-3H3. The summed E-state index contributed by atoms with van der Waals surface area (Å²) < 4.78 is 22.0. The van der Waals surface area contributed by atoms with Crippen LogP contribution in [0, 0.1) is 0 Å². The number of hydrogen-bond donors (Lipinski definition) is 1. The molecule has 0 unspecified atom stereocenters. The molecule has 6 nitrogen and oxygen atoms in total. The van der Waals surface area contributed by atoms with Crippen LogP contribution in [-0.4, -0.2) is 26.3 Å². The van der Waals surface area contributed by atoms with Crippen LogP contribution < -0.4 is 24.3 Å². The zero-order valence-electron chi connectivity index (χ0n) is 17.0. The van der Waals surface area contributed by atoms with Crippen molar-refractivity contribution in [1.29, 1.82) is 0 Å². The van der Waals surface area contributed by atoms with E-state index in [0.29, 0.717) is 36.9 Å². The first-order valence-electron chi connectivity index (χ1n) is 9.34. The molecule has 3 rings (SSSR count). The molecular weight excluding hydrogens is 368 g/mol. The Hall–Kier alpha value is -3.25. The maximum absolute atomic E-state index is 5.85. The topological polar surface area (TPSA) is 61.8 Å². The van der Waals surface area contributed by atoms with Crippen LogP contribution in [0.3, 0.4) is 0 Å². The summed E-state index contributed by atoms with van der Waals surface area (Å²) in [6, 6.07) is 17.7. The van der Waals surface area contributed by atoms with E-state index in [2.05, 4.69) is 16.4 Å². The number of hydrogen-bond acceptors (Lipinski definition) is 6. The quantitative estimate of drug-likeness (QED) is 0.561. The largest absolute Gasteiger partial charge is 0.493 e. The van der Waals surface area contributed by atoms with Gasteiger partial charge in [0.25, 0.3) is 0 Å². The van der Waals surface area contributed by atoms with Crippen molar-refractivity contribution in [2.75, 3.05) is 21.3 Å². The van der Waals surface area contributed by atoms with Gasteiger partial charge >= 0.3 is 0 Å². The molecule has 6 heteroatoms. The Kier molecular flexibility index (Phi) is 7.30. The van der Waals surface area contributed by atoms with Crippen LogP contribution in [0.4, 0.5) is 0 Å². The van der Waals surface area contributed by atoms with Crippen molar-refractivity contribution in [2.24, 2.45) is 0 Å². The van der Waals surface area contributed by atoms with Crippen molar-refractivity contribution in [3.8, 4) is 23.0 Å². The minimum absolute atomic E-state index is 0.448. The number of rotatable bonds is 10. The number of benzene rings is 2. The van der Waals surface area contributed by atoms with Gasteiger partial charge in [-0.15, -0.1) is 0 Å². The summed E-state index contributed by atoms with van der Waals surface area (Å²) >= 11 is 0. The van der Waals surface area contributed by atoms with Crippen LogP contribution in [0.5, 0.6) is 23.0 Å². The summed E-state index contributed by atoms with van der Waals surface area (Å²) in [5.41, 5.74) is 3.08. The van der Waals surface area contributed by atoms with Gasteiger partial charge in [-0.1, -0.05) is 18.2 Å². The first kappa shape index (κ1) is 20.5. The summed E-state index contributed by atoms with van der Waals surface area (Å²) in [7, 11) is 4.83. The highest BCUT2D eigenvalue weighted by Crippen LogP contribution is 2.38. The highest BCUT2D eigenvalue weighted by Gasteiger charge is 2.12. The van der Waals surface area contributed by atoms with Crippen molar-refractivity contribution < 1.29 is 18.9 Å². The molecule has 0 saturated heterocycles. The SMILES string of the molecule is COc1cc(CNCc2cccc(OCc3ccccn3)c2)cc(OC)c1OC. The monoisotopic (exact) mass is 394 g/mol. The van der Waals surface area contributed by atoms with Crippen molar-refractivity contribution in [2.45, 2.75) is 19.7 Å². The molecular formula is C23H26N2O4. The number of methoxy groups -OCH3 is 3. The third-order valence-electron chi connectivity index (χ3n) is 4.39. The predicted octanol–water partition coefficient (Wildman–Crippen LogP) is 3.98. The summed E-state index contributed by atoms with van der Waals surface area (Å²) in [5, 5.41) is 3.44. The Labute approximate surface area is 171 Å². The molecule has 0 aliphatic carbocycles. The van der Waals surface area contributed by atoms with Crippen LogP contribution >= 0.6 is 0 Å². The Balaban J connectivity index is 1.58. The van der Waals surface area contributed by atoms with Gasteiger partial charge in [0.15, 0.2) is 11.5 Å². The number of nitrogens with zero attached hydrogens (tertiary/aromatic N) is 1. The third kappa shape index (κ3) is 5.62. The lowest BCUT2D eigenvalue weighted by atomic mass is 10.1. The maximum Gasteiger partial charge on any atom is 0.203 e. The molecule has 0 amide bonds. The molecule has 152 valence electrons. The highest BCUT2D eigenvalue weighted by atomic mass is 16.5. The molecule has 0 spiro atoms. The van der Waals surface area contributed by atoms with Gasteiger partial charge in [0.2, 0.25) is 5.75 Å². The first-order valence-corrected chi connectivity index (χ1v) is 9.34. The molecule has 0 fully saturated rings. The summed E-state index contributed by atoms with van der Waals surface area (Å²) in [6.07, 6.45) is 1.77. The van der Waals surface area contributed by atoms with E-state index in [-0.39, 0.29) is 0 Å². The van der Waals surface area contributed by atoms with E-state index in [0.717, 1.165) is 22.6 Å². The molecule has 1 N–H and O–H groups in total. The van der Waals surface area contributed by atoms with E-state index in [1.54, 1.807) is 27.5 Å². The van der Waals surface area contributed by atoms with Crippen molar-refractivity contribution in [1.82, 2.24) is 10.3 Å². The number of ether oxygens (including phenoxy) is 4. The second-order valence-corrected chi connectivity index (χ2v) is 6.39. The number of pyridine rings is 1. The number of aromatic nitrogens is 1. The van der Waals surface area contributed by atoms with E-state index in [1.807, 2.05) is 48.5 Å². The van der Waals surface area contributed by atoms with E-state index in [1.165, 1.54) is 0 Å². The summed E-state index contributed by atoms with van der Waals surface area (Å²) in [6.45, 7) is 1.82. The normalized spacial score (nSPS) is 10.4. The Morgan fingerprint density at radius 3 is 2.21 bits per heavy atom. The van der Waals surface area contributed by atoms with Gasteiger partial charge in [-0.05, 0) is 47.5 Å². The molecule has 2 aromatic carbocycles. The lowest BCUT2D eigenvalue weighted by molar-refractivity contribution is 0.301. The molecule has 0 bridgehead atoms. The summed E-state index contributed by atoms with van der Waals surface area (Å²) in [5.74, 6) is 2.71. The molecule has 1 aromatic heterocycles. The van der Waals surface area contributed by atoms with Crippen molar-refractivity contribution >= 4 is 0 Å². The maximum atomic E-state index is 5.85. The fraction of sp³-hybridized carbons (Fsp3) is 0.261. The fourth-order valence-corrected chi connectivity index (χ4v) is 2.97. The molecule has 0 aliphatic rings. The minimum atomic E-state index is 0.448. The molecule has 3 aromatic rings. The van der Waals surface area contributed by atoms with E-state index in [4.69, 9.17) is 18.9 Å². The molecule has 0 saturated carbocycles. The zero-order valence-corrected chi connectivity index (χ0v) is 17.0. The minimum Gasteiger partial charge on any atom is -0.493 e. The van der Waals surface area contributed by atoms with Crippen LogP contribution in [0.1, 0.15) is 16.8 Å². The van der Waals surface area contributed by atoms with Gasteiger partial charge in [0.1, 0.15) is 12.4 Å². The Morgan fingerprint density at radius 2 is 1.55 bits per heavy atom. The van der Waals surface area contributed by atoms with Gasteiger partial charge in [0.05, 0.1) is 27.0 Å². The zero-order chi connectivity index (χ0) is 20.5. The van der Waals surface area contributed by atoms with E-state index in [9.17, 15) is 0 Å². The molecule has 1 heterocycles. The summed E-state index contributed by atoms with van der Waals surface area (Å²) in [4.78, 5) is 4.27. The van der Waals surface area contributed by atoms with E-state index >= 15 is 0 Å². The lowest BCUT2D eigenvalue weighted by Gasteiger charge is -2.14. The second-order valence-electron chi connectivity index (χ2n) is 6.39.